The van der Waals surface area contributed by atoms with Crippen LogP contribution in [0.5, 0.6) is 0 Å². The minimum atomic E-state index is -0.815. The van der Waals surface area contributed by atoms with Gasteiger partial charge in [-0.3, -0.25) is 9.69 Å². The van der Waals surface area contributed by atoms with Crippen molar-refractivity contribution in [3.63, 3.8) is 0 Å². The molecule has 0 aromatic heterocycles. The summed E-state index contributed by atoms with van der Waals surface area (Å²) in [6.07, 6.45) is 1.82. The molecule has 0 atom stereocenters. The second kappa shape index (κ2) is 11.1. The quantitative estimate of drug-likeness (QED) is 0.536. The average Bonchev–Trinajstić information content (AvgIpc) is 2.67. The van der Waals surface area contributed by atoms with Gasteiger partial charge in [-0.2, -0.15) is 0 Å². The fraction of sp³-hybridized carbons (Fsp3) is 0.619. The van der Waals surface area contributed by atoms with Crippen molar-refractivity contribution in [1.29, 1.82) is 0 Å². The Hall–Kier alpha value is -2.22. The summed E-state index contributed by atoms with van der Waals surface area (Å²) < 4.78 is 26.5. The number of likely N-dealkylation sites (tertiary alicyclic amines) is 1. The van der Waals surface area contributed by atoms with Gasteiger partial charge >= 0.3 is 0 Å². The summed E-state index contributed by atoms with van der Waals surface area (Å²) in [4.78, 5) is 20.0. The maximum atomic E-state index is 13.4. The number of piperidine rings is 1. The second-order valence-electron chi connectivity index (χ2n) is 8.17. The van der Waals surface area contributed by atoms with Gasteiger partial charge in [0.2, 0.25) is 5.91 Å². The molecule has 1 amide bonds. The van der Waals surface area contributed by atoms with Crippen LogP contribution in [0.3, 0.4) is 0 Å². The monoisotopic (exact) mass is 409 g/mol. The molecule has 6 nitrogen and oxygen atoms in total. The average molecular weight is 410 g/mol. The standard InChI is InChI=1S/C21H33F2N5O/c1-15(2)12-24-21(25-13-20(29)27(3)4)26-17-7-9-28(10-8-17)14-16-5-6-18(22)19(23)11-16/h5-6,11,15,17H,7-10,12-14H2,1-4H3,(H2,24,25,26). The molecule has 0 bridgehead atoms. The number of guanidine groups is 1. The summed E-state index contributed by atoms with van der Waals surface area (Å²) >= 11 is 0. The maximum absolute atomic E-state index is 13.4. The van der Waals surface area contributed by atoms with Crippen molar-refractivity contribution in [2.24, 2.45) is 10.9 Å². The van der Waals surface area contributed by atoms with E-state index in [9.17, 15) is 13.6 Å². The Morgan fingerprint density at radius 3 is 2.52 bits per heavy atom. The number of aliphatic imine (C=N–C) groups is 1. The van der Waals surface area contributed by atoms with Crippen molar-refractivity contribution >= 4 is 11.9 Å². The van der Waals surface area contributed by atoms with E-state index in [1.54, 1.807) is 20.2 Å². The molecule has 1 aliphatic rings. The van der Waals surface area contributed by atoms with Crippen molar-refractivity contribution in [3.8, 4) is 0 Å². The van der Waals surface area contributed by atoms with Gasteiger partial charge in [0, 0.05) is 46.3 Å². The molecular formula is C21H33F2N5O. The largest absolute Gasteiger partial charge is 0.356 e. The van der Waals surface area contributed by atoms with Crippen LogP contribution in [-0.4, -0.2) is 68.0 Å². The Balaban J connectivity index is 1.86. The molecule has 0 saturated carbocycles. The predicted molar refractivity (Wildman–Crippen MR) is 112 cm³/mol. The maximum Gasteiger partial charge on any atom is 0.243 e. The first-order valence-electron chi connectivity index (χ1n) is 10.2. The number of hydrogen-bond acceptors (Lipinski definition) is 3. The summed E-state index contributed by atoms with van der Waals surface area (Å²) in [6.45, 7) is 7.42. The van der Waals surface area contributed by atoms with Crippen LogP contribution in [0.15, 0.2) is 23.2 Å². The third kappa shape index (κ3) is 7.97. The first kappa shape index (κ1) is 23.1. The Bertz CT molecular complexity index is 700. The van der Waals surface area contributed by atoms with Gasteiger partial charge in [-0.15, -0.1) is 0 Å². The highest BCUT2D eigenvalue weighted by Gasteiger charge is 2.20. The van der Waals surface area contributed by atoms with Gasteiger partial charge in [0.15, 0.2) is 17.6 Å². The van der Waals surface area contributed by atoms with Crippen LogP contribution in [-0.2, 0) is 11.3 Å². The summed E-state index contributed by atoms with van der Waals surface area (Å²) in [6, 6.07) is 4.33. The number of halogens is 2. The lowest BCUT2D eigenvalue weighted by Crippen LogP contribution is -2.49. The topological polar surface area (TPSA) is 60.0 Å². The minimum Gasteiger partial charge on any atom is -0.356 e. The highest BCUT2D eigenvalue weighted by Crippen LogP contribution is 2.16. The highest BCUT2D eigenvalue weighted by molar-refractivity contribution is 5.84. The zero-order chi connectivity index (χ0) is 21.4. The van der Waals surface area contributed by atoms with Crippen LogP contribution in [0.2, 0.25) is 0 Å². The Labute approximate surface area is 172 Å². The van der Waals surface area contributed by atoms with E-state index in [0.717, 1.165) is 38.0 Å². The van der Waals surface area contributed by atoms with Crippen LogP contribution < -0.4 is 10.6 Å². The number of likely N-dealkylation sites (N-methyl/N-ethyl adjacent to an activating group) is 1. The third-order valence-electron chi connectivity index (χ3n) is 4.87. The number of benzene rings is 1. The fourth-order valence-corrected chi connectivity index (χ4v) is 3.07. The Kier molecular flexibility index (Phi) is 8.82. The van der Waals surface area contributed by atoms with Crippen LogP contribution in [0, 0.1) is 17.6 Å². The molecule has 1 aromatic carbocycles. The lowest BCUT2D eigenvalue weighted by Gasteiger charge is -2.33. The van der Waals surface area contributed by atoms with Crippen LogP contribution in [0.4, 0.5) is 8.78 Å². The van der Waals surface area contributed by atoms with E-state index < -0.39 is 11.6 Å². The van der Waals surface area contributed by atoms with Crippen molar-refractivity contribution in [1.82, 2.24) is 20.4 Å². The van der Waals surface area contributed by atoms with E-state index in [1.807, 2.05) is 0 Å². The van der Waals surface area contributed by atoms with E-state index >= 15 is 0 Å². The smallest absolute Gasteiger partial charge is 0.243 e. The Morgan fingerprint density at radius 1 is 1.24 bits per heavy atom. The van der Waals surface area contributed by atoms with Gasteiger partial charge < -0.3 is 15.5 Å². The minimum absolute atomic E-state index is 0.0444. The van der Waals surface area contributed by atoms with Crippen LogP contribution in [0.25, 0.3) is 0 Å². The molecule has 0 spiro atoms. The van der Waals surface area contributed by atoms with Crippen molar-refractivity contribution in [3.05, 3.63) is 35.4 Å². The van der Waals surface area contributed by atoms with Gasteiger partial charge in [-0.25, -0.2) is 13.8 Å². The first-order valence-corrected chi connectivity index (χ1v) is 10.2. The van der Waals surface area contributed by atoms with Gasteiger partial charge in [0.1, 0.15) is 6.54 Å². The van der Waals surface area contributed by atoms with E-state index in [1.165, 1.54) is 17.0 Å². The SMILES string of the molecule is CC(C)CNC(=NCC(=O)N(C)C)NC1CCN(Cc2ccc(F)c(F)c2)CC1. The zero-order valence-corrected chi connectivity index (χ0v) is 17.8. The molecule has 29 heavy (non-hydrogen) atoms. The first-order chi connectivity index (χ1) is 13.7. The lowest BCUT2D eigenvalue weighted by atomic mass is 10.0. The normalized spacial score (nSPS) is 16.2. The van der Waals surface area contributed by atoms with Crippen LogP contribution >= 0.6 is 0 Å². The van der Waals surface area contributed by atoms with Gasteiger partial charge in [-0.05, 0) is 36.5 Å². The zero-order valence-electron chi connectivity index (χ0n) is 17.8. The molecule has 2 N–H and O–H groups in total. The predicted octanol–water partition coefficient (Wildman–Crippen LogP) is 2.21. The van der Waals surface area contributed by atoms with Gasteiger partial charge in [0.05, 0.1) is 0 Å². The summed E-state index contributed by atoms with van der Waals surface area (Å²) in [5.41, 5.74) is 0.776. The fourth-order valence-electron chi connectivity index (χ4n) is 3.07. The molecule has 0 aliphatic carbocycles. The van der Waals surface area contributed by atoms with E-state index in [2.05, 4.69) is 34.4 Å². The molecule has 1 aromatic rings. The van der Waals surface area contributed by atoms with E-state index in [0.29, 0.717) is 18.4 Å². The molecule has 1 aliphatic heterocycles. The number of nitrogens with one attached hydrogen (secondary N) is 2. The van der Waals surface area contributed by atoms with Gasteiger partial charge in [0.25, 0.3) is 0 Å². The van der Waals surface area contributed by atoms with E-state index in [-0.39, 0.29) is 18.5 Å². The van der Waals surface area contributed by atoms with Gasteiger partial charge in [-0.1, -0.05) is 19.9 Å². The second-order valence-corrected chi connectivity index (χ2v) is 8.17. The molecule has 1 fully saturated rings. The van der Waals surface area contributed by atoms with E-state index in [4.69, 9.17) is 0 Å². The molecule has 162 valence electrons. The Morgan fingerprint density at radius 2 is 1.93 bits per heavy atom. The molecule has 1 heterocycles. The molecule has 0 unspecified atom stereocenters. The number of rotatable bonds is 7. The number of carbonyl (C=O) groups is 1. The summed E-state index contributed by atoms with van der Waals surface area (Å²) in [5, 5.41) is 6.74. The third-order valence-corrected chi connectivity index (χ3v) is 4.87. The van der Waals surface area contributed by atoms with Crippen LogP contribution in [0.1, 0.15) is 32.3 Å². The number of nitrogens with zero attached hydrogens (tertiary/aromatic N) is 3. The number of amides is 1. The molecular weight excluding hydrogens is 376 g/mol. The molecule has 0 radical (unpaired) electrons. The summed E-state index contributed by atoms with van der Waals surface area (Å²) in [7, 11) is 3.43. The highest BCUT2D eigenvalue weighted by atomic mass is 19.2. The van der Waals surface area contributed by atoms with Crippen molar-refractivity contribution in [2.45, 2.75) is 39.3 Å². The molecule has 8 heteroatoms. The number of hydrogen-bond donors (Lipinski definition) is 2. The van der Waals surface area contributed by atoms with Crippen molar-refractivity contribution < 1.29 is 13.6 Å². The van der Waals surface area contributed by atoms with Crippen molar-refractivity contribution in [2.75, 3.05) is 40.3 Å². The molecule has 1 saturated heterocycles. The summed E-state index contributed by atoms with van der Waals surface area (Å²) in [5.74, 6) is -0.539. The molecule has 2 rings (SSSR count). The number of carbonyl (C=O) groups excluding carboxylic acids is 1. The lowest BCUT2D eigenvalue weighted by molar-refractivity contribution is -0.127.